The third kappa shape index (κ3) is 6.11. The van der Waals surface area contributed by atoms with Gasteiger partial charge in [-0.15, -0.1) is 11.3 Å². The molecule has 0 aliphatic carbocycles. The van der Waals surface area contributed by atoms with Crippen LogP contribution in [-0.4, -0.2) is 35.5 Å². The summed E-state index contributed by atoms with van der Waals surface area (Å²) in [7, 11) is 0. The number of carbonyl (C=O) groups excluding carboxylic acids is 1. The summed E-state index contributed by atoms with van der Waals surface area (Å²) in [6, 6.07) is 3.02. The lowest BCUT2D eigenvalue weighted by Gasteiger charge is -2.03. The molecule has 0 saturated carbocycles. The molecule has 0 saturated heterocycles. The zero-order valence-electron chi connectivity index (χ0n) is 11.0. The summed E-state index contributed by atoms with van der Waals surface area (Å²) in [5.74, 6) is 0.0268. The van der Waals surface area contributed by atoms with Crippen LogP contribution in [0, 0.1) is 0 Å². The second kappa shape index (κ2) is 8.98. The Morgan fingerprint density at radius 1 is 1.21 bits per heavy atom. The van der Waals surface area contributed by atoms with Gasteiger partial charge in [0.1, 0.15) is 4.88 Å². The molecule has 1 rings (SSSR count). The molecular weight excluding hydrogens is 282 g/mol. The summed E-state index contributed by atoms with van der Waals surface area (Å²) < 4.78 is 0. The van der Waals surface area contributed by atoms with Crippen LogP contribution in [0.25, 0.3) is 0 Å². The number of hydrogen-bond donors (Lipinski definition) is 2. The van der Waals surface area contributed by atoms with Crippen molar-refractivity contribution in [2.75, 3.05) is 18.6 Å². The average Bonchev–Trinajstić information content (AvgIpc) is 2.87. The lowest BCUT2D eigenvalue weighted by atomic mass is 10.2. The quantitative estimate of drug-likeness (QED) is 0.688. The van der Waals surface area contributed by atoms with Gasteiger partial charge < -0.3 is 10.4 Å². The van der Waals surface area contributed by atoms with Gasteiger partial charge in [-0.05, 0) is 37.0 Å². The van der Waals surface area contributed by atoms with Crippen molar-refractivity contribution in [2.24, 2.45) is 0 Å². The van der Waals surface area contributed by atoms with Crippen LogP contribution in [-0.2, 0) is 0 Å². The van der Waals surface area contributed by atoms with Crippen LogP contribution in [0.5, 0.6) is 0 Å². The molecule has 1 aromatic heterocycles. The molecule has 1 aromatic rings. The molecule has 1 amide bonds. The number of thiophene rings is 1. The molecule has 0 spiro atoms. The van der Waals surface area contributed by atoms with Gasteiger partial charge in [-0.25, -0.2) is 4.79 Å². The van der Waals surface area contributed by atoms with Crippen molar-refractivity contribution < 1.29 is 14.7 Å². The van der Waals surface area contributed by atoms with Crippen molar-refractivity contribution in [3.8, 4) is 0 Å². The molecular formula is C13H19NO3S2. The van der Waals surface area contributed by atoms with Crippen molar-refractivity contribution in [3.05, 3.63) is 21.9 Å². The predicted octanol–water partition coefficient (Wildman–Crippen LogP) is 3.10. The van der Waals surface area contributed by atoms with E-state index in [2.05, 4.69) is 11.6 Å². The van der Waals surface area contributed by atoms with Crippen LogP contribution in [0.3, 0.4) is 0 Å². The van der Waals surface area contributed by atoms with E-state index in [1.165, 1.54) is 24.7 Å². The number of amides is 1. The Kier molecular flexibility index (Phi) is 7.59. The van der Waals surface area contributed by atoms with Gasteiger partial charge in [0.15, 0.2) is 0 Å². The SMILES string of the molecule is CSCCCCCCNC(=O)c1ccc(C(=O)O)s1. The van der Waals surface area contributed by atoms with Crippen molar-refractivity contribution in [1.82, 2.24) is 5.32 Å². The molecule has 4 nitrogen and oxygen atoms in total. The second-order valence-electron chi connectivity index (χ2n) is 4.13. The summed E-state index contributed by atoms with van der Waals surface area (Å²) in [5, 5.41) is 11.6. The fourth-order valence-corrected chi connectivity index (χ4v) is 2.84. The summed E-state index contributed by atoms with van der Waals surface area (Å²) in [6.07, 6.45) is 6.61. The number of unbranched alkanes of at least 4 members (excludes halogenated alkanes) is 3. The summed E-state index contributed by atoms with van der Waals surface area (Å²) in [5.41, 5.74) is 0. The Morgan fingerprint density at radius 3 is 2.53 bits per heavy atom. The van der Waals surface area contributed by atoms with Crippen LogP contribution in [0.1, 0.15) is 45.0 Å². The topological polar surface area (TPSA) is 66.4 Å². The van der Waals surface area contributed by atoms with Crippen LogP contribution >= 0.6 is 23.1 Å². The van der Waals surface area contributed by atoms with E-state index in [-0.39, 0.29) is 10.8 Å². The number of aromatic carboxylic acids is 1. The Morgan fingerprint density at radius 2 is 1.89 bits per heavy atom. The van der Waals surface area contributed by atoms with E-state index in [0.29, 0.717) is 11.4 Å². The summed E-state index contributed by atoms with van der Waals surface area (Å²) in [4.78, 5) is 23.1. The lowest BCUT2D eigenvalue weighted by molar-refractivity contribution is 0.0702. The van der Waals surface area contributed by atoms with E-state index >= 15 is 0 Å². The highest BCUT2D eigenvalue weighted by molar-refractivity contribution is 7.98. The Hall–Kier alpha value is -1.01. The normalized spacial score (nSPS) is 10.4. The largest absolute Gasteiger partial charge is 0.477 e. The Labute approximate surface area is 121 Å². The first-order valence-electron chi connectivity index (χ1n) is 6.25. The zero-order chi connectivity index (χ0) is 14.1. The van der Waals surface area contributed by atoms with E-state index in [1.807, 2.05) is 11.8 Å². The third-order valence-corrected chi connectivity index (χ3v) is 4.37. The molecule has 0 fully saturated rings. The maximum atomic E-state index is 11.7. The van der Waals surface area contributed by atoms with Gasteiger partial charge in [-0.3, -0.25) is 4.79 Å². The van der Waals surface area contributed by atoms with Gasteiger partial charge in [0.05, 0.1) is 4.88 Å². The number of hydrogen-bond acceptors (Lipinski definition) is 4. The van der Waals surface area contributed by atoms with E-state index < -0.39 is 5.97 Å². The fraction of sp³-hybridized carbons (Fsp3) is 0.538. The highest BCUT2D eigenvalue weighted by atomic mass is 32.2. The number of carboxylic acid groups (broad SMARTS) is 1. The smallest absolute Gasteiger partial charge is 0.345 e. The molecule has 6 heteroatoms. The predicted molar refractivity (Wildman–Crippen MR) is 80.5 cm³/mol. The monoisotopic (exact) mass is 301 g/mol. The highest BCUT2D eigenvalue weighted by Gasteiger charge is 2.11. The van der Waals surface area contributed by atoms with Crippen LogP contribution in [0.2, 0.25) is 0 Å². The molecule has 0 aliphatic rings. The van der Waals surface area contributed by atoms with Crippen molar-refractivity contribution in [1.29, 1.82) is 0 Å². The van der Waals surface area contributed by atoms with Crippen LogP contribution in [0.4, 0.5) is 0 Å². The number of carbonyl (C=O) groups is 2. The van der Waals surface area contributed by atoms with Gasteiger partial charge in [0.25, 0.3) is 5.91 Å². The summed E-state index contributed by atoms with van der Waals surface area (Å²) >= 11 is 2.87. The Bertz CT molecular complexity index is 418. The highest BCUT2D eigenvalue weighted by Crippen LogP contribution is 2.16. The number of nitrogens with one attached hydrogen (secondary N) is 1. The third-order valence-electron chi connectivity index (χ3n) is 2.60. The molecule has 0 unspecified atom stereocenters. The molecule has 0 bridgehead atoms. The van der Waals surface area contributed by atoms with Gasteiger partial charge in [-0.2, -0.15) is 11.8 Å². The number of carboxylic acids is 1. The first-order chi connectivity index (χ1) is 9.15. The van der Waals surface area contributed by atoms with Gasteiger partial charge in [-0.1, -0.05) is 12.8 Å². The molecule has 19 heavy (non-hydrogen) atoms. The van der Waals surface area contributed by atoms with Gasteiger partial charge in [0, 0.05) is 6.54 Å². The molecule has 106 valence electrons. The number of rotatable bonds is 9. The molecule has 0 radical (unpaired) electrons. The average molecular weight is 301 g/mol. The fourth-order valence-electron chi connectivity index (χ4n) is 1.59. The first-order valence-corrected chi connectivity index (χ1v) is 8.46. The van der Waals surface area contributed by atoms with Crippen LogP contribution in [0.15, 0.2) is 12.1 Å². The molecule has 0 atom stereocenters. The molecule has 0 aliphatic heterocycles. The van der Waals surface area contributed by atoms with Crippen LogP contribution < -0.4 is 5.32 Å². The van der Waals surface area contributed by atoms with E-state index in [9.17, 15) is 9.59 Å². The van der Waals surface area contributed by atoms with Gasteiger partial charge >= 0.3 is 5.97 Å². The Balaban J connectivity index is 2.18. The standard InChI is InChI=1S/C13H19NO3S2/c1-18-9-5-3-2-4-8-14-12(15)10-6-7-11(19-10)13(16)17/h6-7H,2-5,8-9H2,1H3,(H,14,15)(H,16,17). The minimum atomic E-state index is -0.988. The maximum Gasteiger partial charge on any atom is 0.345 e. The molecule has 0 aromatic carbocycles. The minimum absolute atomic E-state index is 0.179. The maximum absolute atomic E-state index is 11.7. The summed E-state index contributed by atoms with van der Waals surface area (Å²) in [6.45, 7) is 0.651. The number of thioether (sulfide) groups is 1. The molecule has 1 heterocycles. The second-order valence-corrected chi connectivity index (χ2v) is 6.20. The molecule has 2 N–H and O–H groups in total. The minimum Gasteiger partial charge on any atom is -0.477 e. The van der Waals surface area contributed by atoms with Crippen molar-refractivity contribution in [2.45, 2.75) is 25.7 Å². The van der Waals surface area contributed by atoms with E-state index in [4.69, 9.17) is 5.11 Å². The first kappa shape index (κ1) is 16.0. The van der Waals surface area contributed by atoms with Gasteiger partial charge in [0.2, 0.25) is 0 Å². The lowest BCUT2D eigenvalue weighted by Crippen LogP contribution is -2.23. The van der Waals surface area contributed by atoms with Crippen molar-refractivity contribution in [3.63, 3.8) is 0 Å². The van der Waals surface area contributed by atoms with Crippen molar-refractivity contribution >= 4 is 35.0 Å². The van der Waals surface area contributed by atoms with E-state index in [1.54, 1.807) is 6.07 Å². The van der Waals surface area contributed by atoms with E-state index in [0.717, 1.165) is 24.2 Å². The zero-order valence-corrected chi connectivity index (χ0v) is 12.6.